The maximum absolute atomic E-state index is 13.7. The monoisotopic (exact) mass is 615 g/mol. The first kappa shape index (κ1) is 32.6. The van der Waals surface area contributed by atoms with Gasteiger partial charge in [-0.15, -0.1) is 0 Å². The van der Waals surface area contributed by atoms with Gasteiger partial charge >= 0.3 is 12.1 Å². The first-order valence-corrected chi connectivity index (χ1v) is 14.4. The lowest BCUT2D eigenvalue weighted by Crippen LogP contribution is -2.34. The number of fused-ring (bicyclic) bond motifs is 1. The lowest BCUT2D eigenvalue weighted by Gasteiger charge is -2.21. The van der Waals surface area contributed by atoms with E-state index in [1.807, 2.05) is 36.7 Å². The van der Waals surface area contributed by atoms with E-state index >= 15 is 0 Å². The van der Waals surface area contributed by atoms with Gasteiger partial charge in [-0.1, -0.05) is 6.07 Å². The van der Waals surface area contributed by atoms with Crippen LogP contribution in [0, 0.1) is 0 Å². The molecule has 4 aromatic rings. The third-order valence-corrected chi connectivity index (χ3v) is 6.85. The molecule has 0 bridgehead atoms. The number of hydrogen-bond donors (Lipinski definition) is 2. The summed E-state index contributed by atoms with van der Waals surface area (Å²) in [7, 11) is 3.42. The second kappa shape index (κ2) is 15.4. The van der Waals surface area contributed by atoms with Gasteiger partial charge in [-0.2, -0.15) is 4.99 Å². The van der Waals surface area contributed by atoms with E-state index in [9.17, 15) is 14.4 Å². The van der Waals surface area contributed by atoms with E-state index in [-0.39, 0.29) is 56.5 Å². The van der Waals surface area contributed by atoms with Gasteiger partial charge in [0, 0.05) is 43.7 Å². The zero-order chi connectivity index (χ0) is 32.3. The number of amides is 2. The number of esters is 1. The summed E-state index contributed by atoms with van der Waals surface area (Å²) in [6.45, 7) is 4.47. The fourth-order valence-electron chi connectivity index (χ4n) is 4.62. The van der Waals surface area contributed by atoms with Crippen molar-refractivity contribution in [2.24, 2.45) is 17.8 Å². The van der Waals surface area contributed by atoms with Gasteiger partial charge < -0.3 is 29.8 Å². The minimum absolute atomic E-state index is 0.0388. The Balaban J connectivity index is 1.49. The van der Waals surface area contributed by atoms with Gasteiger partial charge in [-0.05, 0) is 68.4 Å². The molecule has 1 unspecified atom stereocenters. The summed E-state index contributed by atoms with van der Waals surface area (Å²) in [6, 6.07) is 17.5. The highest BCUT2D eigenvalue weighted by Gasteiger charge is 2.22. The Morgan fingerprint density at radius 2 is 1.80 bits per heavy atom. The van der Waals surface area contributed by atoms with Crippen LogP contribution in [-0.2, 0) is 26.1 Å². The molecule has 13 nitrogen and oxygen atoms in total. The third kappa shape index (κ3) is 8.42. The first-order valence-electron chi connectivity index (χ1n) is 14.4. The average Bonchev–Trinajstić information content (AvgIpc) is 3.37. The molecule has 236 valence electrons. The molecule has 2 amide bonds. The van der Waals surface area contributed by atoms with Crippen molar-refractivity contribution in [3.8, 4) is 0 Å². The molecular formula is C32H37N7O6. The van der Waals surface area contributed by atoms with Crippen molar-refractivity contribution < 1.29 is 28.6 Å². The number of ether oxygens (including phenoxy) is 3. The molecular weight excluding hydrogens is 578 g/mol. The van der Waals surface area contributed by atoms with Crippen LogP contribution in [0.25, 0.3) is 11.0 Å². The Morgan fingerprint density at radius 1 is 1.04 bits per heavy atom. The lowest BCUT2D eigenvalue weighted by atomic mass is 10.1. The normalized spacial score (nSPS) is 12.0. The van der Waals surface area contributed by atoms with E-state index in [2.05, 4.69) is 15.3 Å². The number of imidazole rings is 1. The molecule has 0 aliphatic carbocycles. The Morgan fingerprint density at radius 3 is 2.49 bits per heavy atom. The largest absolute Gasteiger partial charge is 0.466 e. The minimum atomic E-state index is -0.784. The molecule has 45 heavy (non-hydrogen) atoms. The molecule has 0 aliphatic heterocycles. The quantitative estimate of drug-likeness (QED) is 0.0963. The van der Waals surface area contributed by atoms with Gasteiger partial charge in [0.15, 0.2) is 0 Å². The van der Waals surface area contributed by atoms with E-state index in [4.69, 9.17) is 24.9 Å². The molecule has 0 saturated carbocycles. The first-order chi connectivity index (χ1) is 21.7. The van der Waals surface area contributed by atoms with E-state index in [0.717, 1.165) is 17.0 Å². The number of methoxy groups -OCH3 is 1. The second-order valence-corrected chi connectivity index (χ2v) is 9.98. The Hall–Kier alpha value is -5.30. The van der Waals surface area contributed by atoms with Crippen LogP contribution in [0.15, 0.2) is 71.9 Å². The zero-order valence-electron chi connectivity index (χ0n) is 25.7. The summed E-state index contributed by atoms with van der Waals surface area (Å²) in [5.74, 6) is 0.543. The number of benzene rings is 2. The number of aryl methyl sites for hydroxylation is 1. The molecule has 2 aromatic carbocycles. The number of pyridine rings is 1. The van der Waals surface area contributed by atoms with Crippen molar-refractivity contribution in [3.05, 3.63) is 83.8 Å². The van der Waals surface area contributed by atoms with Gasteiger partial charge in [0.2, 0.25) is 0 Å². The Bertz CT molecular complexity index is 1650. The Labute approximate surface area is 261 Å². The van der Waals surface area contributed by atoms with Crippen molar-refractivity contribution in [2.75, 3.05) is 43.7 Å². The minimum Gasteiger partial charge on any atom is -0.466 e. The summed E-state index contributed by atoms with van der Waals surface area (Å²) in [4.78, 5) is 51.9. The molecule has 0 radical (unpaired) electrons. The van der Waals surface area contributed by atoms with Crippen LogP contribution >= 0.6 is 0 Å². The molecule has 2 heterocycles. The van der Waals surface area contributed by atoms with Crippen LogP contribution in [0.4, 0.5) is 16.3 Å². The number of aromatic nitrogens is 3. The number of anilines is 2. The number of carbonyl (C=O) groups excluding carboxylic acids is 3. The predicted molar refractivity (Wildman–Crippen MR) is 170 cm³/mol. The van der Waals surface area contributed by atoms with Crippen molar-refractivity contribution in [1.29, 1.82) is 0 Å². The third-order valence-electron chi connectivity index (χ3n) is 6.85. The maximum Gasteiger partial charge on any atom is 0.435 e. The highest BCUT2D eigenvalue weighted by molar-refractivity contribution is 6.07. The van der Waals surface area contributed by atoms with E-state index < -0.39 is 6.09 Å². The fraction of sp³-hybridized carbons (Fsp3) is 0.312. The molecule has 2 aromatic heterocycles. The van der Waals surface area contributed by atoms with Crippen molar-refractivity contribution in [3.63, 3.8) is 0 Å². The van der Waals surface area contributed by atoms with Crippen LogP contribution in [0.5, 0.6) is 0 Å². The average molecular weight is 616 g/mol. The topological polar surface area (TPSA) is 163 Å². The molecule has 0 saturated heterocycles. The smallest absolute Gasteiger partial charge is 0.435 e. The molecule has 13 heteroatoms. The number of carbonyl (C=O) groups is 3. The summed E-state index contributed by atoms with van der Waals surface area (Å²) in [6.07, 6.45) is 0.852. The van der Waals surface area contributed by atoms with Gasteiger partial charge in [-0.3, -0.25) is 14.5 Å². The molecule has 0 aliphatic rings. The zero-order valence-corrected chi connectivity index (χ0v) is 25.7. The fourth-order valence-corrected chi connectivity index (χ4v) is 4.62. The predicted octanol–water partition coefficient (Wildman–Crippen LogP) is 4.23. The number of aliphatic imine (C=N–C) groups is 1. The van der Waals surface area contributed by atoms with Gasteiger partial charge in [0.1, 0.15) is 24.1 Å². The number of hydrogen-bond acceptors (Lipinski definition) is 9. The standard InChI is InChI=1S/C32H37N7O6/c1-5-44-28(40)15-17-39(27-8-6-7-16-34-27)31(41)23-11-14-26-25(20-23)36-30(38(26)3)21(2)35-24-12-9-22(10-13-24)29(33)37-32(42)45-19-18-43-4/h6-14,16,20-21,35H,5,15,17-19H2,1-4H3,(H2,33,37,42). The van der Waals surface area contributed by atoms with Crippen molar-refractivity contribution in [2.45, 2.75) is 26.3 Å². The van der Waals surface area contributed by atoms with Crippen LogP contribution in [0.1, 0.15) is 48.1 Å². The molecule has 0 spiro atoms. The summed E-state index contributed by atoms with van der Waals surface area (Å²) in [5.41, 5.74) is 9.25. The molecule has 1 atom stereocenters. The summed E-state index contributed by atoms with van der Waals surface area (Å²) < 4.78 is 16.8. The maximum atomic E-state index is 13.7. The number of rotatable bonds is 13. The summed E-state index contributed by atoms with van der Waals surface area (Å²) >= 11 is 0. The van der Waals surface area contributed by atoms with Gasteiger partial charge in [0.25, 0.3) is 5.91 Å². The van der Waals surface area contributed by atoms with Gasteiger partial charge in [-0.25, -0.2) is 14.8 Å². The van der Waals surface area contributed by atoms with Crippen LogP contribution in [0.2, 0.25) is 0 Å². The number of nitrogens with one attached hydrogen (secondary N) is 1. The number of nitrogens with two attached hydrogens (primary N) is 1. The van der Waals surface area contributed by atoms with Crippen molar-refractivity contribution >= 4 is 46.3 Å². The van der Waals surface area contributed by atoms with E-state index in [0.29, 0.717) is 22.5 Å². The highest BCUT2D eigenvalue weighted by atomic mass is 16.6. The number of amidine groups is 1. The van der Waals surface area contributed by atoms with E-state index in [1.165, 1.54) is 12.0 Å². The molecule has 0 fully saturated rings. The van der Waals surface area contributed by atoms with Crippen LogP contribution < -0.4 is 16.0 Å². The lowest BCUT2D eigenvalue weighted by molar-refractivity contribution is -0.142. The second-order valence-electron chi connectivity index (χ2n) is 9.98. The molecule has 3 N–H and O–H groups in total. The highest BCUT2D eigenvalue weighted by Crippen LogP contribution is 2.25. The Kier molecular flexibility index (Phi) is 11.2. The summed E-state index contributed by atoms with van der Waals surface area (Å²) in [5, 5.41) is 3.42. The molecule has 4 rings (SSSR count). The van der Waals surface area contributed by atoms with Gasteiger partial charge in [0.05, 0.1) is 36.7 Å². The van der Waals surface area contributed by atoms with Crippen molar-refractivity contribution in [1.82, 2.24) is 14.5 Å². The number of nitrogens with zero attached hydrogens (tertiary/aromatic N) is 5. The SMILES string of the molecule is CCOC(=O)CCN(C(=O)c1ccc2c(c1)nc(C(C)Nc1ccc(/C(N)=N\C(=O)OCCOC)cc1)n2C)c1ccccn1. The van der Waals surface area contributed by atoms with E-state index in [1.54, 1.807) is 55.6 Å². The van der Waals surface area contributed by atoms with Crippen LogP contribution in [0.3, 0.4) is 0 Å². The van der Waals surface area contributed by atoms with Crippen LogP contribution in [-0.4, -0.2) is 71.8 Å².